The van der Waals surface area contributed by atoms with Gasteiger partial charge in [-0.25, -0.2) is 0 Å². The molecule has 96 valence electrons. The van der Waals surface area contributed by atoms with Crippen LogP contribution in [0.5, 0.6) is 0 Å². The van der Waals surface area contributed by atoms with Gasteiger partial charge in [-0.05, 0) is 42.5 Å². The van der Waals surface area contributed by atoms with Crippen LogP contribution in [0.25, 0.3) is 0 Å². The molecule has 0 fully saturated rings. The SMILES string of the molecule is CCNC(Cc1ccc(Cl)cc1)CC(C)(C)C. The first kappa shape index (κ1) is 14.5. The molecule has 1 nitrogen and oxygen atoms in total. The minimum atomic E-state index is 0.360. The fraction of sp³-hybridized carbons (Fsp3) is 0.600. The molecule has 0 radical (unpaired) electrons. The molecule has 0 spiro atoms. The number of halogens is 1. The summed E-state index contributed by atoms with van der Waals surface area (Å²) in [5.41, 5.74) is 1.71. The van der Waals surface area contributed by atoms with Crippen molar-refractivity contribution in [2.75, 3.05) is 6.54 Å². The summed E-state index contributed by atoms with van der Waals surface area (Å²) in [5.74, 6) is 0. The van der Waals surface area contributed by atoms with E-state index in [0.717, 1.165) is 18.0 Å². The van der Waals surface area contributed by atoms with Gasteiger partial charge in [0.25, 0.3) is 0 Å². The van der Waals surface area contributed by atoms with Crippen LogP contribution in [-0.4, -0.2) is 12.6 Å². The summed E-state index contributed by atoms with van der Waals surface area (Å²) in [6.45, 7) is 10.1. The zero-order chi connectivity index (χ0) is 12.9. The van der Waals surface area contributed by atoms with E-state index in [0.29, 0.717) is 11.5 Å². The number of nitrogens with one attached hydrogen (secondary N) is 1. The minimum absolute atomic E-state index is 0.360. The fourth-order valence-corrected chi connectivity index (χ4v) is 2.28. The van der Waals surface area contributed by atoms with Crippen LogP contribution in [0.15, 0.2) is 24.3 Å². The van der Waals surface area contributed by atoms with Crippen LogP contribution in [0.2, 0.25) is 5.02 Å². The molecule has 1 atom stereocenters. The van der Waals surface area contributed by atoms with Crippen molar-refractivity contribution < 1.29 is 0 Å². The lowest BCUT2D eigenvalue weighted by molar-refractivity contribution is 0.309. The average molecular weight is 254 g/mol. The zero-order valence-corrected chi connectivity index (χ0v) is 12.1. The Balaban J connectivity index is 2.63. The van der Waals surface area contributed by atoms with E-state index in [1.807, 2.05) is 12.1 Å². The van der Waals surface area contributed by atoms with Crippen LogP contribution >= 0.6 is 11.6 Å². The molecule has 1 N–H and O–H groups in total. The van der Waals surface area contributed by atoms with E-state index in [-0.39, 0.29) is 0 Å². The van der Waals surface area contributed by atoms with Gasteiger partial charge in [0.05, 0.1) is 0 Å². The summed E-state index contributed by atoms with van der Waals surface area (Å²) in [4.78, 5) is 0. The zero-order valence-electron chi connectivity index (χ0n) is 11.4. The average Bonchev–Trinajstić information content (AvgIpc) is 2.19. The molecule has 0 aliphatic rings. The molecule has 17 heavy (non-hydrogen) atoms. The lowest BCUT2D eigenvalue weighted by Gasteiger charge is -2.26. The molecule has 0 aliphatic carbocycles. The van der Waals surface area contributed by atoms with Crippen molar-refractivity contribution in [2.45, 2.75) is 46.6 Å². The third kappa shape index (κ3) is 6.09. The number of hydrogen-bond donors (Lipinski definition) is 1. The van der Waals surface area contributed by atoms with Gasteiger partial charge in [-0.15, -0.1) is 0 Å². The Hall–Kier alpha value is -0.530. The number of hydrogen-bond acceptors (Lipinski definition) is 1. The quantitative estimate of drug-likeness (QED) is 0.825. The van der Waals surface area contributed by atoms with E-state index in [2.05, 4.69) is 45.1 Å². The van der Waals surface area contributed by atoms with Gasteiger partial charge in [0.15, 0.2) is 0 Å². The number of benzene rings is 1. The summed E-state index contributed by atoms with van der Waals surface area (Å²) in [6, 6.07) is 8.72. The third-order valence-electron chi connectivity index (χ3n) is 2.75. The van der Waals surface area contributed by atoms with Crippen molar-refractivity contribution in [1.82, 2.24) is 5.32 Å². The molecule has 1 aromatic carbocycles. The van der Waals surface area contributed by atoms with Crippen molar-refractivity contribution in [1.29, 1.82) is 0 Å². The highest BCUT2D eigenvalue weighted by Gasteiger charge is 2.18. The summed E-state index contributed by atoms with van der Waals surface area (Å²) < 4.78 is 0. The Bertz CT molecular complexity index is 324. The molecule has 0 amide bonds. The van der Waals surface area contributed by atoms with Crippen LogP contribution < -0.4 is 5.32 Å². The predicted molar refractivity (Wildman–Crippen MR) is 76.7 cm³/mol. The lowest BCUT2D eigenvalue weighted by atomic mass is 9.86. The molecule has 1 rings (SSSR count). The highest BCUT2D eigenvalue weighted by Crippen LogP contribution is 2.23. The van der Waals surface area contributed by atoms with Crippen molar-refractivity contribution in [2.24, 2.45) is 5.41 Å². The largest absolute Gasteiger partial charge is 0.314 e. The fourth-order valence-electron chi connectivity index (χ4n) is 2.15. The number of rotatable bonds is 5. The molecular weight excluding hydrogens is 230 g/mol. The van der Waals surface area contributed by atoms with E-state index in [1.54, 1.807) is 0 Å². The van der Waals surface area contributed by atoms with Gasteiger partial charge >= 0.3 is 0 Å². The van der Waals surface area contributed by atoms with Crippen LogP contribution in [0.3, 0.4) is 0 Å². The van der Waals surface area contributed by atoms with Crippen LogP contribution in [0, 0.1) is 5.41 Å². The standard InChI is InChI=1S/C15H24ClN/c1-5-17-14(11-15(2,3)4)10-12-6-8-13(16)9-7-12/h6-9,14,17H,5,10-11H2,1-4H3. The monoisotopic (exact) mass is 253 g/mol. The molecule has 1 unspecified atom stereocenters. The highest BCUT2D eigenvalue weighted by molar-refractivity contribution is 6.30. The van der Waals surface area contributed by atoms with E-state index in [4.69, 9.17) is 11.6 Å². The van der Waals surface area contributed by atoms with E-state index >= 15 is 0 Å². The number of likely N-dealkylation sites (N-methyl/N-ethyl adjacent to an activating group) is 1. The van der Waals surface area contributed by atoms with Crippen LogP contribution in [-0.2, 0) is 6.42 Å². The van der Waals surface area contributed by atoms with Crippen molar-refractivity contribution in [3.8, 4) is 0 Å². The van der Waals surface area contributed by atoms with Gasteiger partial charge in [0.1, 0.15) is 0 Å². The second-order valence-electron chi connectivity index (χ2n) is 5.85. The first-order valence-electron chi connectivity index (χ1n) is 6.38. The molecule has 0 saturated carbocycles. The molecular formula is C15H24ClN. The van der Waals surface area contributed by atoms with Crippen molar-refractivity contribution in [3.63, 3.8) is 0 Å². The van der Waals surface area contributed by atoms with Gasteiger partial charge in [-0.1, -0.05) is 51.4 Å². The predicted octanol–water partition coefficient (Wildman–Crippen LogP) is 4.30. The van der Waals surface area contributed by atoms with Gasteiger partial charge < -0.3 is 5.32 Å². The first-order chi connectivity index (χ1) is 7.90. The van der Waals surface area contributed by atoms with Gasteiger partial charge in [-0.3, -0.25) is 0 Å². The van der Waals surface area contributed by atoms with Crippen LogP contribution in [0.4, 0.5) is 0 Å². The highest BCUT2D eigenvalue weighted by atomic mass is 35.5. The molecule has 2 heteroatoms. The topological polar surface area (TPSA) is 12.0 Å². The molecule has 0 bridgehead atoms. The minimum Gasteiger partial charge on any atom is -0.314 e. The van der Waals surface area contributed by atoms with Crippen molar-refractivity contribution in [3.05, 3.63) is 34.9 Å². The Labute approximate surface area is 111 Å². The van der Waals surface area contributed by atoms with E-state index in [1.165, 1.54) is 12.0 Å². The van der Waals surface area contributed by atoms with Gasteiger partial charge in [-0.2, -0.15) is 0 Å². The molecule has 1 aromatic rings. The third-order valence-corrected chi connectivity index (χ3v) is 3.00. The van der Waals surface area contributed by atoms with E-state index in [9.17, 15) is 0 Å². The second kappa shape index (κ2) is 6.42. The maximum atomic E-state index is 5.90. The smallest absolute Gasteiger partial charge is 0.0406 e. The Morgan fingerprint density at radius 3 is 2.24 bits per heavy atom. The maximum absolute atomic E-state index is 5.90. The van der Waals surface area contributed by atoms with Gasteiger partial charge in [0.2, 0.25) is 0 Å². The Morgan fingerprint density at radius 1 is 1.18 bits per heavy atom. The van der Waals surface area contributed by atoms with Crippen molar-refractivity contribution >= 4 is 11.6 Å². The Morgan fingerprint density at radius 2 is 1.76 bits per heavy atom. The summed E-state index contributed by atoms with van der Waals surface area (Å²) in [5, 5.41) is 4.38. The Kier molecular flexibility index (Phi) is 5.48. The molecule has 0 heterocycles. The summed E-state index contributed by atoms with van der Waals surface area (Å²) in [6.07, 6.45) is 2.26. The van der Waals surface area contributed by atoms with Crippen LogP contribution in [0.1, 0.15) is 39.7 Å². The second-order valence-corrected chi connectivity index (χ2v) is 6.29. The molecule has 0 aromatic heterocycles. The van der Waals surface area contributed by atoms with E-state index < -0.39 is 0 Å². The molecule has 0 saturated heterocycles. The maximum Gasteiger partial charge on any atom is 0.0406 e. The van der Waals surface area contributed by atoms with Gasteiger partial charge in [0, 0.05) is 11.1 Å². The summed E-state index contributed by atoms with van der Waals surface area (Å²) >= 11 is 5.90. The first-order valence-corrected chi connectivity index (χ1v) is 6.76. The molecule has 0 aliphatic heterocycles. The summed E-state index contributed by atoms with van der Waals surface area (Å²) in [7, 11) is 0. The normalized spacial score (nSPS) is 13.7. The lowest BCUT2D eigenvalue weighted by Crippen LogP contribution is -2.34.